The summed E-state index contributed by atoms with van der Waals surface area (Å²) < 4.78 is 0. The smallest absolute Gasteiger partial charge is 0.123 e. The van der Waals surface area contributed by atoms with E-state index in [4.69, 9.17) is 0 Å². The molecule has 0 bridgehead atoms. The molecule has 2 atom stereocenters. The van der Waals surface area contributed by atoms with Gasteiger partial charge in [-0.2, -0.15) is 0 Å². The maximum atomic E-state index is 11.3. The zero-order valence-electron chi connectivity index (χ0n) is 21.4. The molecular weight excluding hydrogens is 380 g/mol. The molecule has 184 valence electrons. The Bertz CT molecular complexity index is 332. The number of hydrogen-bond acceptors (Lipinski definition) is 2. The van der Waals surface area contributed by atoms with Crippen LogP contribution in [0.2, 0.25) is 0 Å². The van der Waals surface area contributed by atoms with Crippen molar-refractivity contribution in [1.29, 1.82) is 0 Å². The van der Waals surface area contributed by atoms with Crippen LogP contribution in [0.4, 0.5) is 0 Å². The zero-order valence-corrected chi connectivity index (χ0v) is 21.4. The van der Waals surface area contributed by atoms with Gasteiger partial charge >= 0.3 is 0 Å². The Morgan fingerprint density at radius 3 is 0.839 bits per heavy atom. The van der Waals surface area contributed by atoms with Crippen molar-refractivity contribution >= 4 is 12.6 Å². The molecular formula is C29H56O2. The second-order valence-corrected chi connectivity index (χ2v) is 9.96. The molecule has 0 saturated carbocycles. The van der Waals surface area contributed by atoms with Crippen molar-refractivity contribution in [2.24, 2.45) is 11.8 Å². The second-order valence-electron chi connectivity index (χ2n) is 9.96. The summed E-state index contributed by atoms with van der Waals surface area (Å²) in [7, 11) is 0. The highest BCUT2D eigenvalue weighted by atomic mass is 16.1. The van der Waals surface area contributed by atoms with Crippen molar-refractivity contribution in [3.63, 3.8) is 0 Å². The molecule has 0 aromatic rings. The molecule has 2 heteroatoms. The monoisotopic (exact) mass is 436 g/mol. The third kappa shape index (κ3) is 22.3. The van der Waals surface area contributed by atoms with Crippen LogP contribution in [-0.4, -0.2) is 12.6 Å². The van der Waals surface area contributed by atoms with Crippen LogP contribution in [-0.2, 0) is 9.59 Å². The van der Waals surface area contributed by atoms with Gasteiger partial charge in [-0.3, -0.25) is 0 Å². The Morgan fingerprint density at radius 2 is 0.613 bits per heavy atom. The number of rotatable bonds is 26. The lowest BCUT2D eigenvalue weighted by molar-refractivity contribution is -0.112. The largest absolute Gasteiger partial charge is 0.303 e. The fourth-order valence-corrected chi connectivity index (χ4v) is 4.63. The molecule has 0 radical (unpaired) electrons. The van der Waals surface area contributed by atoms with Gasteiger partial charge in [0.1, 0.15) is 12.6 Å². The standard InChI is InChI=1S/C29H56O2/c1-3-5-7-9-14-18-22-28(26-30)24-20-16-12-11-13-17-21-25-29(27-31)23-19-15-10-8-6-4-2/h26-29H,3-25H2,1-2H3. The van der Waals surface area contributed by atoms with Gasteiger partial charge in [0.05, 0.1) is 0 Å². The van der Waals surface area contributed by atoms with Gasteiger partial charge in [-0.15, -0.1) is 0 Å². The van der Waals surface area contributed by atoms with Gasteiger partial charge in [0, 0.05) is 11.8 Å². The molecule has 0 spiro atoms. The third-order valence-electron chi connectivity index (χ3n) is 6.89. The molecule has 2 nitrogen and oxygen atoms in total. The summed E-state index contributed by atoms with van der Waals surface area (Å²) >= 11 is 0. The van der Waals surface area contributed by atoms with Gasteiger partial charge in [-0.25, -0.2) is 0 Å². The molecule has 2 unspecified atom stereocenters. The lowest BCUT2D eigenvalue weighted by Crippen LogP contribution is -2.02. The van der Waals surface area contributed by atoms with Gasteiger partial charge in [0.2, 0.25) is 0 Å². The first-order valence-corrected chi connectivity index (χ1v) is 14.2. The molecule has 0 aliphatic heterocycles. The minimum atomic E-state index is 0.304. The third-order valence-corrected chi connectivity index (χ3v) is 6.89. The summed E-state index contributed by atoms with van der Waals surface area (Å²) in [5.41, 5.74) is 0. The molecule has 0 fully saturated rings. The van der Waals surface area contributed by atoms with Gasteiger partial charge in [-0.05, 0) is 25.7 Å². The van der Waals surface area contributed by atoms with Crippen molar-refractivity contribution in [2.45, 2.75) is 162 Å². The predicted octanol–water partition coefficient (Wildman–Crippen LogP) is 9.63. The summed E-state index contributed by atoms with van der Waals surface area (Å²) in [4.78, 5) is 22.6. The van der Waals surface area contributed by atoms with Crippen LogP contribution in [0.3, 0.4) is 0 Å². The molecule has 0 amide bonds. The van der Waals surface area contributed by atoms with Crippen molar-refractivity contribution in [2.75, 3.05) is 0 Å². The Balaban J connectivity index is 3.46. The zero-order chi connectivity index (χ0) is 22.8. The summed E-state index contributed by atoms with van der Waals surface area (Å²) in [6, 6.07) is 0. The summed E-state index contributed by atoms with van der Waals surface area (Å²) in [6.45, 7) is 4.51. The Morgan fingerprint density at radius 1 is 0.387 bits per heavy atom. The molecule has 0 heterocycles. The quantitative estimate of drug-likeness (QED) is 0.0998. The highest BCUT2D eigenvalue weighted by molar-refractivity contribution is 5.53. The molecule has 0 rings (SSSR count). The SMILES string of the molecule is CCCCCCCCC(C=O)CCCCCCCCCC(C=O)CCCCCCCC. The average Bonchev–Trinajstić information content (AvgIpc) is 2.79. The van der Waals surface area contributed by atoms with Gasteiger partial charge in [0.15, 0.2) is 0 Å². The summed E-state index contributed by atoms with van der Waals surface area (Å²) in [5.74, 6) is 0.608. The number of hydrogen-bond donors (Lipinski definition) is 0. The Labute approximate surface area is 195 Å². The molecule has 0 saturated heterocycles. The van der Waals surface area contributed by atoms with Crippen molar-refractivity contribution in [3.8, 4) is 0 Å². The maximum absolute atomic E-state index is 11.3. The number of unbranched alkanes of at least 4 members (excludes halogenated alkanes) is 16. The van der Waals surface area contributed by atoms with E-state index in [1.165, 1.54) is 135 Å². The van der Waals surface area contributed by atoms with E-state index in [1.54, 1.807) is 0 Å². The maximum Gasteiger partial charge on any atom is 0.123 e. The van der Waals surface area contributed by atoms with Crippen LogP contribution in [0.25, 0.3) is 0 Å². The predicted molar refractivity (Wildman–Crippen MR) is 137 cm³/mol. The van der Waals surface area contributed by atoms with Gasteiger partial charge in [0.25, 0.3) is 0 Å². The van der Waals surface area contributed by atoms with E-state index in [0.29, 0.717) is 11.8 Å². The van der Waals surface area contributed by atoms with Crippen LogP contribution < -0.4 is 0 Å². The molecule has 0 aliphatic carbocycles. The first-order chi connectivity index (χ1) is 15.3. The molecule has 0 N–H and O–H groups in total. The normalized spacial score (nSPS) is 13.2. The van der Waals surface area contributed by atoms with E-state index in [-0.39, 0.29) is 0 Å². The van der Waals surface area contributed by atoms with Crippen LogP contribution in [0.15, 0.2) is 0 Å². The highest BCUT2D eigenvalue weighted by Gasteiger charge is 2.08. The molecule has 31 heavy (non-hydrogen) atoms. The van der Waals surface area contributed by atoms with Crippen molar-refractivity contribution in [3.05, 3.63) is 0 Å². The summed E-state index contributed by atoms with van der Waals surface area (Å²) in [6.07, 6.45) is 31.5. The van der Waals surface area contributed by atoms with E-state index in [9.17, 15) is 9.59 Å². The van der Waals surface area contributed by atoms with E-state index in [2.05, 4.69) is 13.8 Å². The molecule has 0 aromatic carbocycles. The number of carbonyl (C=O) groups excluding carboxylic acids is 2. The lowest BCUT2D eigenvalue weighted by atomic mass is 9.94. The number of carbonyl (C=O) groups is 2. The highest BCUT2D eigenvalue weighted by Crippen LogP contribution is 2.19. The van der Waals surface area contributed by atoms with E-state index in [0.717, 1.165) is 25.7 Å². The van der Waals surface area contributed by atoms with Gasteiger partial charge in [-0.1, -0.05) is 136 Å². The van der Waals surface area contributed by atoms with Gasteiger partial charge < -0.3 is 9.59 Å². The first-order valence-electron chi connectivity index (χ1n) is 14.2. The van der Waals surface area contributed by atoms with E-state index >= 15 is 0 Å². The number of aldehydes is 2. The van der Waals surface area contributed by atoms with Crippen LogP contribution in [0.5, 0.6) is 0 Å². The van der Waals surface area contributed by atoms with Crippen molar-refractivity contribution < 1.29 is 9.59 Å². The summed E-state index contributed by atoms with van der Waals surface area (Å²) in [5, 5.41) is 0. The molecule has 0 aliphatic rings. The molecule has 0 aromatic heterocycles. The fourth-order valence-electron chi connectivity index (χ4n) is 4.63. The minimum absolute atomic E-state index is 0.304. The van der Waals surface area contributed by atoms with Crippen LogP contribution >= 0.6 is 0 Å². The average molecular weight is 437 g/mol. The van der Waals surface area contributed by atoms with E-state index < -0.39 is 0 Å². The Hall–Kier alpha value is -0.660. The second kappa shape index (κ2) is 25.6. The van der Waals surface area contributed by atoms with Crippen LogP contribution in [0.1, 0.15) is 162 Å². The first kappa shape index (κ1) is 30.3. The lowest BCUT2D eigenvalue weighted by Gasteiger charge is -2.11. The Kier molecular flexibility index (Phi) is 25.1. The van der Waals surface area contributed by atoms with Crippen LogP contribution in [0, 0.1) is 11.8 Å². The topological polar surface area (TPSA) is 34.1 Å². The fraction of sp³-hybridized carbons (Fsp3) is 0.931. The van der Waals surface area contributed by atoms with E-state index in [1.807, 2.05) is 0 Å². The minimum Gasteiger partial charge on any atom is -0.303 e. The van der Waals surface area contributed by atoms with Crippen molar-refractivity contribution in [1.82, 2.24) is 0 Å².